The van der Waals surface area contributed by atoms with Crippen molar-refractivity contribution in [3.63, 3.8) is 0 Å². The fourth-order valence-electron chi connectivity index (χ4n) is 2.11. The number of aryl methyl sites for hydroxylation is 1. The van der Waals surface area contributed by atoms with Crippen LogP contribution in [0.15, 0.2) is 18.2 Å². The second-order valence-corrected chi connectivity index (χ2v) is 4.57. The molecule has 1 fully saturated rings. The summed E-state index contributed by atoms with van der Waals surface area (Å²) in [4.78, 5) is 25.3. The zero-order valence-corrected chi connectivity index (χ0v) is 10.9. The Balaban J connectivity index is 2.14. The Hall–Kier alpha value is -2.08. The van der Waals surface area contributed by atoms with Gasteiger partial charge in [-0.15, -0.1) is 0 Å². The Bertz CT molecular complexity index is 501. The summed E-state index contributed by atoms with van der Waals surface area (Å²) < 4.78 is 0. The van der Waals surface area contributed by atoms with Gasteiger partial charge >= 0.3 is 0 Å². The number of hydrogen-bond acceptors (Lipinski definition) is 4. The first-order valence-electron chi connectivity index (χ1n) is 6.25. The summed E-state index contributed by atoms with van der Waals surface area (Å²) >= 11 is 0. The first-order chi connectivity index (χ1) is 9.11. The zero-order valence-electron chi connectivity index (χ0n) is 10.9. The molecule has 0 saturated carbocycles. The summed E-state index contributed by atoms with van der Waals surface area (Å²) in [6.07, 6.45) is 0.354. The van der Waals surface area contributed by atoms with Gasteiger partial charge in [-0.05, 0) is 30.7 Å². The summed E-state index contributed by atoms with van der Waals surface area (Å²) in [6, 6.07) is 5.33. The molecule has 6 nitrogen and oxygen atoms in total. The SMILES string of the molecule is Cc1cc(C(=O)N2CCNC(=O)CC2)ccc1NN. The maximum absolute atomic E-state index is 12.3. The molecule has 6 heteroatoms. The molecule has 0 aromatic heterocycles. The number of nitrogens with zero attached hydrogens (tertiary/aromatic N) is 1. The number of anilines is 1. The van der Waals surface area contributed by atoms with Crippen molar-refractivity contribution < 1.29 is 9.59 Å². The molecule has 0 radical (unpaired) electrons. The second-order valence-electron chi connectivity index (χ2n) is 4.57. The van der Waals surface area contributed by atoms with E-state index < -0.39 is 0 Å². The molecule has 102 valence electrons. The zero-order chi connectivity index (χ0) is 13.8. The quantitative estimate of drug-likeness (QED) is 0.526. The third kappa shape index (κ3) is 3.03. The van der Waals surface area contributed by atoms with Crippen molar-refractivity contribution in [1.29, 1.82) is 0 Å². The minimum Gasteiger partial charge on any atom is -0.354 e. The van der Waals surface area contributed by atoms with Crippen LogP contribution in [-0.4, -0.2) is 36.3 Å². The van der Waals surface area contributed by atoms with Crippen molar-refractivity contribution in [3.8, 4) is 0 Å². The summed E-state index contributed by atoms with van der Waals surface area (Å²) in [5.74, 6) is 5.31. The van der Waals surface area contributed by atoms with Crippen LogP contribution < -0.4 is 16.6 Å². The van der Waals surface area contributed by atoms with Crippen molar-refractivity contribution in [3.05, 3.63) is 29.3 Å². The molecule has 1 aliphatic heterocycles. The normalized spacial score (nSPS) is 15.7. The van der Waals surface area contributed by atoms with Gasteiger partial charge in [0.15, 0.2) is 0 Å². The molecule has 1 aromatic rings. The Kier molecular flexibility index (Phi) is 4.01. The minimum atomic E-state index is -0.0526. The smallest absolute Gasteiger partial charge is 0.253 e. The van der Waals surface area contributed by atoms with Crippen LogP contribution in [0.2, 0.25) is 0 Å². The van der Waals surface area contributed by atoms with E-state index in [9.17, 15) is 9.59 Å². The first-order valence-corrected chi connectivity index (χ1v) is 6.25. The van der Waals surface area contributed by atoms with E-state index in [4.69, 9.17) is 5.84 Å². The largest absolute Gasteiger partial charge is 0.354 e. The minimum absolute atomic E-state index is 0.00541. The number of nitrogens with two attached hydrogens (primary N) is 1. The third-order valence-corrected chi connectivity index (χ3v) is 3.23. The highest BCUT2D eigenvalue weighted by molar-refractivity contribution is 5.95. The van der Waals surface area contributed by atoms with Crippen LogP contribution in [-0.2, 0) is 4.79 Å². The monoisotopic (exact) mass is 262 g/mol. The molecule has 2 amide bonds. The number of carbonyl (C=O) groups is 2. The number of amides is 2. The van der Waals surface area contributed by atoms with Crippen LogP contribution in [0.1, 0.15) is 22.3 Å². The summed E-state index contributed by atoms with van der Waals surface area (Å²) in [6.45, 7) is 3.40. The highest BCUT2D eigenvalue weighted by atomic mass is 16.2. The van der Waals surface area contributed by atoms with Crippen LogP contribution in [0.25, 0.3) is 0 Å². The average molecular weight is 262 g/mol. The molecular weight excluding hydrogens is 244 g/mol. The van der Waals surface area contributed by atoms with Crippen LogP contribution in [0.4, 0.5) is 5.69 Å². The van der Waals surface area contributed by atoms with Crippen molar-refractivity contribution >= 4 is 17.5 Å². The van der Waals surface area contributed by atoms with Gasteiger partial charge < -0.3 is 15.6 Å². The van der Waals surface area contributed by atoms with Gasteiger partial charge in [-0.25, -0.2) is 0 Å². The molecule has 1 aliphatic rings. The molecule has 0 atom stereocenters. The maximum Gasteiger partial charge on any atom is 0.253 e. The van der Waals surface area contributed by atoms with Crippen LogP contribution in [0, 0.1) is 6.92 Å². The van der Waals surface area contributed by atoms with Gasteiger partial charge in [0.05, 0.1) is 5.69 Å². The van der Waals surface area contributed by atoms with Gasteiger partial charge in [0.1, 0.15) is 0 Å². The first kappa shape index (κ1) is 13.4. The van der Waals surface area contributed by atoms with Gasteiger partial charge in [0, 0.05) is 31.6 Å². The summed E-state index contributed by atoms with van der Waals surface area (Å²) in [7, 11) is 0. The molecule has 1 aromatic carbocycles. The summed E-state index contributed by atoms with van der Waals surface area (Å²) in [5, 5.41) is 2.75. The Labute approximate surface area is 111 Å². The number of rotatable bonds is 2. The predicted octanol–water partition coefficient (Wildman–Crippen LogP) is 0.243. The number of benzene rings is 1. The van der Waals surface area contributed by atoms with E-state index in [0.29, 0.717) is 31.6 Å². The molecule has 0 aliphatic carbocycles. The van der Waals surface area contributed by atoms with Crippen molar-refractivity contribution in [2.24, 2.45) is 5.84 Å². The van der Waals surface area contributed by atoms with E-state index in [1.807, 2.05) is 6.92 Å². The number of carbonyl (C=O) groups excluding carboxylic acids is 2. The van der Waals surface area contributed by atoms with Gasteiger partial charge in [-0.2, -0.15) is 0 Å². The summed E-state index contributed by atoms with van der Waals surface area (Å²) in [5.41, 5.74) is 4.90. The lowest BCUT2D eigenvalue weighted by Crippen LogP contribution is -2.34. The van der Waals surface area contributed by atoms with Gasteiger partial charge in [0.25, 0.3) is 5.91 Å². The van der Waals surface area contributed by atoms with Gasteiger partial charge in [0.2, 0.25) is 5.91 Å². The van der Waals surface area contributed by atoms with Crippen LogP contribution in [0.3, 0.4) is 0 Å². The van der Waals surface area contributed by atoms with E-state index in [0.717, 1.165) is 11.3 Å². The van der Waals surface area contributed by atoms with Crippen molar-refractivity contribution in [2.45, 2.75) is 13.3 Å². The number of nitrogen functional groups attached to an aromatic ring is 1. The van der Waals surface area contributed by atoms with Crippen LogP contribution in [0.5, 0.6) is 0 Å². The molecule has 19 heavy (non-hydrogen) atoms. The molecule has 0 bridgehead atoms. The lowest BCUT2D eigenvalue weighted by Gasteiger charge is -2.20. The lowest BCUT2D eigenvalue weighted by molar-refractivity contribution is -0.120. The van der Waals surface area contributed by atoms with E-state index in [1.54, 1.807) is 23.1 Å². The number of nitrogens with one attached hydrogen (secondary N) is 2. The fourth-order valence-corrected chi connectivity index (χ4v) is 2.11. The van der Waals surface area contributed by atoms with Crippen LogP contribution >= 0.6 is 0 Å². The van der Waals surface area contributed by atoms with E-state index >= 15 is 0 Å². The average Bonchev–Trinajstić information content (AvgIpc) is 2.62. The van der Waals surface area contributed by atoms with Crippen molar-refractivity contribution in [1.82, 2.24) is 10.2 Å². The predicted molar refractivity (Wildman–Crippen MR) is 72.5 cm³/mol. The highest BCUT2D eigenvalue weighted by Crippen LogP contribution is 2.17. The molecule has 0 unspecified atom stereocenters. The topological polar surface area (TPSA) is 87.5 Å². The highest BCUT2D eigenvalue weighted by Gasteiger charge is 2.19. The van der Waals surface area contributed by atoms with Crippen molar-refractivity contribution in [2.75, 3.05) is 25.1 Å². The molecule has 1 saturated heterocycles. The number of hydrogen-bond donors (Lipinski definition) is 3. The van der Waals surface area contributed by atoms with E-state index in [2.05, 4.69) is 10.7 Å². The molecular formula is C13H18N4O2. The van der Waals surface area contributed by atoms with Gasteiger partial charge in [-0.1, -0.05) is 0 Å². The standard InChI is InChI=1S/C13H18N4O2/c1-9-8-10(2-3-11(9)16-14)13(19)17-6-4-12(18)15-5-7-17/h2-3,8,16H,4-7,14H2,1H3,(H,15,18). The van der Waals surface area contributed by atoms with E-state index in [1.165, 1.54) is 0 Å². The maximum atomic E-state index is 12.3. The Morgan fingerprint density at radius 2 is 2.21 bits per heavy atom. The molecule has 4 N–H and O–H groups in total. The van der Waals surface area contributed by atoms with E-state index in [-0.39, 0.29) is 11.8 Å². The molecule has 2 rings (SSSR count). The third-order valence-electron chi connectivity index (χ3n) is 3.23. The van der Waals surface area contributed by atoms with Gasteiger partial charge in [-0.3, -0.25) is 15.4 Å². The molecule has 0 spiro atoms. The lowest BCUT2D eigenvalue weighted by atomic mass is 10.1. The Morgan fingerprint density at radius 3 is 2.89 bits per heavy atom. The molecule has 1 heterocycles. The number of hydrazine groups is 1. The second kappa shape index (κ2) is 5.71. The fraction of sp³-hybridized carbons (Fsp3) is 0.385. The Morgan fingerprint density at radius 1 is 1.42 bits per heavy atom.